The second kappa shape index (κ2) is 7.23. The van der Waals surface area contributed by atoms with Crippen LogP contribution in [-0.4, -0.2) is 45.3 Å². The van der Waals surface area contributed by atoms with E-state index in [1.54, 1.807) is 4.90 Å². The van der Waals surface area contributed by atoms with Crippen LogP contribution in [-0.2, 0) is 6.42 Å². The maximum absolute atomic E-state index is 12.5. The van der Waals surface area contributed by atoms with E-state index in [9.17, 15) is 9.90 Å². The van der Waals surface area contributed by atoms with E-state index in [0.29, 0.717) is 19.5 Å². The van der Waals surface area contributed by atoms with Gasteiger partial charge in [0.1, 0.15) is 10.7 Å². The summed E-state index contributed by atoms with van der Waals surface area (Å²) in [6, 6.07) is 9.96. The fourth-order valence-electron chi connectivity index (χ4n) is 3.15. The highest BCUT2D eigenvalue weighted by atomic mass is 35.5. The summed E-state index contributed by atoms with van der Waals surface area (Å²) in [6.07, 6.45) is 1.78. The number of hydrogen-bond acceptors (Lipinski definition) is 4. The van der Waals surface area contributed by atoms with Crippen LogP contribution in [0.2, 0.25) is 5.02 Å². The molecule has 1 aliphatic heterocycles. The number of anilines is 1. The van der Waals surface area contributed by atoms with E-state index in [-0.39, 0.29) is 28.4 Å². The summed E-state index contributed by atoms with van der Waals surface area (Å²) in [5, 5.41) is 17.0. The van der Waals surface area contributed by atoms with Crippen molar-refractivity contribution in [3.63, 3.8) is 0 Å². The SMILES string of the molecule is Nc1n[nH]c(C(=O)N2CCC([C@@H](O)Cc3ccccc3)CC2)c1Cl. The zero-order valence-electron chi connectivity index (χ0n) is 13.3. The van der Waals surface area contributed by atoms with Crippen LogP contribution in [0.25, 0.3) is 0 Å². The number of nitrogens with two attached hydrogens (primary N) is 1. The van der Waals surface area contributed by atoms with Gasteiger partial charge in [0.05, 0.1) is 6.10 Å². The quantitative estimate of drug-likeness (QED) is 0.788. The van der Waals surface area contributed by atoms with E-state index >= 15 is 0 Å². The molecule has 7 heteroatoms. The summed E-state index contributed by atoms with van der Waals surface area (Å²) in [6.45, 7) is 1.18. The minimum absolute atomic E-state index is 0.133. The number of hydrogen-bond donors (Lipinski definition) is 3. The summed E-state index contributed by atoms with van der Waals surface area (Å²) in [7, 11) is 0. The fourth-order valence-corrected chi connectivity index (χ4v) is 3.32. The highest BCUT2D eigenvalue weighted by Crippen LogP contribution is 2.26. The van der Waals surface area contributed by atoms with E-state index in [0.717, 1.165) is 18.4 Å². The molecule has 1 saturated heterocycles. The van der Waals surface area contributed by atoms with E-state index in [1.165, 1.54) is 0 Å². The summed E-state index contributed by atoms with van der Waals surface area (Å²) in [4.78, 5) is 14.2. The number of piperidine rings is 1. The molecule has 1 fully saturated rings. The van der Waals surface area contributed by atoms with E-state index < -0.39 is 6.10 Å². The highest BCUT2D eigenvalue weighted by Gasteiger charge is 2.29. The number of aromatic amines is 1. The maximum Gasteiger partial charge on any atom is 0.273 e. The van der Waals surface area contributed by atoms with Crippen molar-refractivity contribution in [2.24, 2.45) is 5.92 Å². The van der Waals surface area contributed by atoms with Crippen molar-refractivity contribution >= 4 is 23.3 Å². The molecule has 0 spiro atoms. The Morgan fingerprint density at radius 1 is 1.38 bits per heavy atom. The van der Waals surface area contributed by atoms with Gasteiger partial charge in [-0.3, -0.25) is 9.89 Å². The summed E-state index contributed by atoms with van der Waals surface area (Å²) in [5.74, 6) is 0.130. The van der Waals surface area contributed by atoms with Gasteiger partial charge in [0.15, 0.2) is 5.82 Å². The minimum atomic E-state index is -0.393. The second-order valence-corrected chi connectivity index (χ2v) is 6.56. The van der Waals surface area contributed by atoms with Gasteiger partial charge in [-0.1, -0.05) is 41.9 Å². The number of nitrogens with zero attached hydrogens (tertiary/aromatic N) is 2. The number of nitrogen functional groups attached to an aromatic ring is 1. The molecule has 2 aromatic rings. The van der Waals surface area contributed by atoms with Gasteiger partial charge in [-0.25, -0.2) is 0 Å². The number of H-pyrrole nitrogens is 1. The molecule has 1 aromatic carbocycles. The Labute approximate surface area is 145 Å². The maximum atomic E-state index is 12.5. The Hall–Kier alpha value is -2.05. The zero-order valence-corrected chi connectivity index (χ0v) is 14.0. The standard InChI is InChI=1S/C17H21ClN4O2/c18-14-15(20-21-16(14)19)17(24)22-8-6-12(7-9-22)13(23)10-11-4-2-1-3-5-11/h1-5,12-13,23H,6-10H2,(H3,19,20,21)/t13-/m0/s1. The molecule has 1 aliphatic rings. The van der Waals surface area contributed by atoms with Gasteiger partial charge in [0, 0.05) is 13.1 Å². The van der Waals surface area contributed by atoms with Crippen LogP contribution in [0.15, 0.2) is 30.3 Å². The van der Waals surface area contributed by atoms with Crippen molar-refractivity contribution in [1.29, 1.82) is 0 Å². The fraction of sp³-hybridized carbons (Fsp3) is 0.412. The first kappa shape index (κ1) is 16.8. The molecule has 1 aromatic heterocycles. The van der Waals surface area contributed by atoms with Gasteiger partial charge in [-0.2, -0.15) is 5.10 Å². The second-order valence-electron chi connectivity index (χ2n) is 6.18. The molecule has 2 heterocycles. The minimum Gasteiger partial charge on any atom is -0.392 e. The Morgan fingerprint density at radius 2 is 2.04 bits per heavy atom. The number of nitrogens with one attached hydrogen (secondary N) is 1. The van der Waals surface area contributed by atoms with Gasteiger partial charge < -0.3 is 15.7 Å². The van der Waals surface area contributed by atoms with E-state index in [1.807, 2.05) is 30.3 Å². The van der Waals surface area contributed by atoms with Crippen molar-refractivity contribution in [2.75, 3.05) is 18.8 Å². The molecular weight excluding hydrogens is 328 g/mol. The predicted octanol–water partition coefficient (Wildman–Crippen LogP) is 2.10. The molecule has 3 rings (SSSR count). The zero-order chi connectivity index (χ0) is 17.1. The van der Waals surface area contributed by atoms with Crippen LogP contribution >= 0.6 is 11.6 Å². The molecular formula is C17H21ClN4O2. The molecule has 0 radical (unpaired) electrons. The number of amides is 1. The molecule has 1 amide bonds. The van der Waals surface area contributed by atoms with Crippen LogP contribution in [0.5, 0.6) is 0 Å². The Morgan fingerprint density at radius 3 is 2.62 bits per heavy atom. The molecule has 4 N–H and O–H groups in total. The highest BCUT2D eigenvalue weighted by molar-refractivity contribution is 6.35. The lowest BCUT2D eigenvalue weighted by atomic mass is 9.88. The van der Waals surface area contributed by atoms with Crippen LogP contribution in [0.3, 0.4) is 0 Å². The number of halogens is 1. The molecule has 24 heavy (non-hydrogen) atoms. The molecule has 6 nitrogen and oxygen atoms in total. The third kappa shape index (κ3) is 3.55. The number of carbonyl (C=O) groups is 1. The Balaban J connectivity index is 1.55. The lowest BCUT2D eigenvalue weighted by Gasteiger charge is -2.34. The first-order valence-electron chi connectivity index (χ1n) is 8.07. The number of aromatic nitrogens is 2. The molecule has 1 atom stereocenters. The summed E-state index contributed by atoms with van der Waals surface area (Å²) < 4.78 is 0. The number of likely N-dealkylation sites (tertiary alicyclic amines) is 1. The van der Waals surface area contributed by atoms with Crippen molar-refractivity contribution in [2.45, 2.75) is 25.4 Å². The largest absolute Gasteiger partial charge is 0.392 e. The summed E-state index contributed by atoms with van der Waals surface area (Å²) >= 11 is 5.99. The lowest BCUT2D eigenvalue weighted by molar-refractivity contribution is 0.0464. The van der Waals surface area contributed by atoms with Crippen molar-refractivity contribution in [3.05, 3.63) is 46.6 Å². The monoisotopic (exact) mass is 348 g/mol. The number of benzene rings is 1. The van der Waals surface area contributed by atoms with E-state index in [4.69, 9.17) is 17.3 Å². The molecule has 0 bridgehead atoms. The van der Waals surface area contributed by atoms with Crippen molar-refractivity contribution < 1.29 is 9.90 Å². The molecule has 0 unspecified atom stereocenters. The van der Waals surface area contributed by atoms with Crippen LogP contribution < -0.4 is 5.73 Å². The first-order chi connectivity index (χ1) is 11.6. The molecule has 0 saturated carbocycles. The molecule has 0 aliphatic carbocycles. The topological polar surface area (TPSA) is 95.2 Å². The number of aliphatic hydroxyl groups excluding tert-OH is 1. The lowest BCUT2D eigenvalue weighted by Crippen LogP contribution is -2.41. The average molecular weight is 349 g/mol. The predicted molar refractivity (Wildman–Crippen MR) is 92.8 cm³/mol. The third-order valence-corrected chi connectivity index (χ3v) is 4.99. The smallest absolute Gasteiger partial charge is 0.273 e. The van der Waals surface area contributed by atoms with Crippen LogP contribution in [0.4, 0.5) is 5.82 Å². The van der Waals surface area contributed by atoms with Gasteiger partial charge in [0.2, 0.25) is 0 Å². The van der Waals surface area contributed by atoms with Crippen molar-refractivity contribution in [1.82, 2.24) is 15.1 Å². The normalized spacial score (nSPS) is 17.0. The van der Waals surface area contributed by atoms with Crippen LogP contribution in [0, 0.1) is 5.92 Å². The van der Waals surface area contributed by atoms with Crippen LogP contribution in [0.1, 0.15) is 28.9 Å². The average Bonchev–Trinajstić information content (AvgIpc) is 2.94. The first-order valence-corrected chi connectivity index (χ1v) is 8.44. The van der Waals surface area contributed by atoms with Gasteiger partial charge in [-0.15, -0.1) is 0 Å². The van der Waals surface area contributed by atoms with Gasteiger partial charge in [0.25, 0.3) is 5.91 Å². The Kier molecular flexibility index (Phi) is 5.06. The Bertz CT molecular complexity index is 696. The summed E-state index contributed by atoms with van der Waals surface area (Å²) in [5.41, 5.74) is 6.93. The number of carbonyl (C=O) groups excluding carboxylic acids is 1. The van der Waals surface area contributed by atoms with Gasteiger partial charge >= 0.3 is 0 Å². The molecule has 128 valence electrons. The van der Waals surface area contributed by atoms with E-state index in [2.05, 4.69) is 10.2 Å². The van der Waals surface area contributed by atoms with Gasteiger partial charge in [-0.05, 0) is 30.7 Å². The number of aliphatic hydroxyl groups is 1. The third-order valence-electron chi connectivity index (χ3n) is 4.61. The number of rotatable bonds is 4. The van der Waals surface area contributed by atoms with Crippen molar-refractivity contribution in [3.8, 4) is 0 Å².